The molecular formula is C17H23NO4S. The van der Waals surface area contributed by atoms with Crippen molar-refractivity contribution < 1.29 is 18.3 Å². The van der Waals surface area contributed by atoms with Gasteiger partial charge in [0, 0.05) is 6.54 Å². The highest BCUT2D eigenvalue weighted by Gasteiger charge is 2.61. The molecule has 0 radical (unpaired) electrons. The van der Waals surface area contributed by atoms with Crippen LogP contribution in [0.1, 0.15) is 44.9 Å². The molecule has 126 valence electrons. The second-order valence-corrected chi connectivity index (χ2v) is 9.04. The minimum Gasteiger partial charge on any atom is -0.388 e. The maximum atomic E-state index is 12.8. The Morgan fingerprint density at radius 1 is 1.04 bits per heavy atom. The van der Waals surface area contributed by atoms with E-state index >= 15 is 0 Å². The van der Waals surface area contributed by atoms with Crippen LogP contribution in [0.2, 0.25) is 0 Å². The molecule has 0 atom stereocenters. The molecular weight excluding hydrogens is 314 g/mol. The zero-order chi connectivity index (χ0) is 16.6. The fourth-order valence-electron chi connectivity index (χ4n) is 3.35. The van der Waals surface area contributed by atoms with Crippen molar-refractivity contribution in [3.05, 3.63) is 30.3 Å². The number of nitrogens with one attached hydrogen (secondary N) is 1. The average Bonchev–Trinajstić information content (AvgIpc) is 3.37. The van der Waals surface area contributed by atoms with Gasteiger partial charge in [0.2, 0.25) is 5.91 Å². The van der Waals surface area contributed by atoms with E-state index in [4.69, 9.17) is 0 Å². The van der Waals surface area contributed by atoms with Crippen LogP contribution in [0.25, 0.3) is 0 Å². The highest BCUT2D eigenvalue weighted by Crippen LogP contribution is 2.47. The Morgan fingerprint density at radius 2 is 1.65 bits per heavy atom. The van der Waals surface area contributed by atoms with Gasteiger partial charge in [0.05, 0.1) is 10.5 Å². The lowest BCUT2D eigenvalue weighted by Gasteiger charge is -2.32. The number of sulfone groups is 1. The number of rotatable bonds is 5. The van der Waals surface area contributed by atoms with E-state index in [1.165, 1.54) is 12.1 Å². The van der Waals surface area contributed by atoms with Gasteiger partial charge < -0.3 is 10.4 Å². The molecule has 2 aliphatic rings. The standard InChI is InChI=1S/C17H23NO4S/c19-15(18-13-16(20)9-5-2-6-10-16)17(11-12-17)23(21,22)14-7-3-1-4-8-14/h1,3-4,7-8,20H,2,5-6,9-13H2,(H,18,19). The fraction of sp³-hybridized carbons (Fsp3) is 0.588. The van der Waals surface area contributed by atoms with Gasteiger partial charge in [-0.1, -0.05) is 37.5 Å². The number of hydrogen-bond acceptors (Lipinski definition) is 4. The van der Waals surface area contributed by atoms with Crippen molar-refractivity contribution in [3.63, 3.8) is 0 Å². The summed E-state index contributed by atoms with van der Waals surface area (Å²) in [6.45, 7) is 0.137. The Bertz CT molecular complexity index is 674. The second-order valence-electron chi connectivity index (χ2n) is 6.78. The van der Waals surface area contributed by atoms with Gasteiger partial charge in [-0.3, -0.25) is 4.79 Å². The summed E-state index contributed by atoms with van der Waals surface area (Å²) in [7, 11) is -3.69. The number of carbonyl (C=O) groups is 1. The molecule has 1 amide bonds. The van der Waals surface area contributed by atoms with E-state index in [1.54, 1.807) is 18.2 Å². The molecule has 23 heavy (non-hydrogen) atoms. The molecule has 0 aliphatic heterocycles. The third-order valence-electron chi connectivity index (χ3n) is 5.05. The first kappa shape index (κ1) is 16.5. The largest absolute Gasteiger partial charge is 0.388 e. The lowest BCUT2D eigenvalue weighted by atomic mass is 9.85. The first-order valence-electron chi connectivity index (χ1n) is 8.20. The van der Waals surface area contributed by atoms with Crippen molar-refractivity contribution in [2.75, 3.05) is 6.54 Å². The Kier molecular flexibility index (Phi) is 4.23. The van der Waals surface area contributed by atoms with Crippen LogP contribution in [0.15, 0.2) is 35.2 Å². The monoisotopic (exact) mass is 337 g/mol. The van der Waals surface area contributed by atoms with E-state index in [0.717, 1.165) is 19.3 Å². The second kappa shape index (κ2) is 5.91. The van der Waals surface area contributed by atoms with E-state index in [9.17, 15) is 18.3 Å². The Balaban J connectivity index is 1.72. The molecule has 2 N–H and O–H groups in total. The van der Waals surface area contributed by atoms with Gasteiger partial charge in [-0.05, 0) is 37.8 Å². The third-order valence-corrected chi connectivity index (χ3v) is 7.56. The summed E-state index contributed by atoms with van der Waals surface area (Å²) < 4.78 is 24.2. The van der Waals surface area contributed by atoms with Crippen LogP contribution >= 0.6 is 0 Å². The summed E-state index contributed by atoms with van der Waals surface area (Å²) in [4.78, 5) is 12.7. The van der Waals surface area contributed by atoms with Crippen LogP contribution in [0, 0.1) is 0 Å². The molecule has 0 saturated heterocycles. The van der Waals surface area contributed by atoms with Crippen LogP contribution in [-0.2, 0) is 14.6 Å². The smallest absolute Gasteiger partial charge is 0.241 e. The van der Waals surface area contributed by atoms with Crippen LogP contribution in [0.5, 0.6) is 0 Å². The maximum absolute atomic E-state index is 12.8. The first-order valence-corrected chi connectivity index (χ1v) is 9.68. The number of hydrogen-bond donors (Lipinski definition) is 2. The molecule has 0 unspecified atom stereocenters. The minimum atomic E-state index is -3.69. The highest BCUT2D eigenvalue weighted by atomic mass is 32.2. The highest BCUT2D eigenvalue weighted by molar-refractivity contribution is 7.94. The van der Waals surface area contributed by atoms with Crippen LogP contribution in [0.3, 0.4) is 0 Å². The SMILES string of the molecule is O=C(NCC1(O)CCCCC1)C1(S(=O)(=O)c2ccccc2)CC1. The van der Waals surface area contributed by atoms with Crippen LogP contribution < -0.4 is 5.32 Å². The molecule has 5 nitrogen and oxygen atoms in total. The van der Waals surface area contributed by atoms with Crippen molar-refractivity contribution in [1.82, 2.24) is 5.32 Å². The molecule has 2 aliphatic carbocycles. The van der Waals surface area contributed by atoms with Gasteiger partial charge in [-0.15, -0.1) is 0 Å². The van der Waals surface area contributed by atoms with E-state index < -0.39 is 26.1 Å². The average molecular weight is 337 g/mol. The predicted octanol–water partition coefficient (Wildman–Crippen LogP) is 1.80. The third kappa shape index (κ3) is 3.02. The summed E-state index contributed by atoms with van der Waals surface area (Å²) in [5.74, 6) is -0.472. The maximum Gasteiger partial charge on any atom is 0.241 e. The fourth-order valence-corrected chi connectivity index (χ4v) is 5.27. The number of carbonyl (C=O) groups excluding carboxylic acids is 1. The molecule has 1 aromatic rings. The molecule has 0 bridgehead atoms. The summed E-state index contributed by atoms with van der Waals surface area (Å²) in [6.07, 6.45) is 4.99. The van der Waals surface area contributed by atoms with E-state index in [2.05, 4.69) is 5.32 Å². The zero-order valence-corrected chi connectivity index (χ0v) is 13.9. The normalized spacial score (nSPS) is 22.3. The van der Waals surface area contributed by atoms with E-state index in [0.29, 0.717) is 25.7 Å². The lowest BCUT2D eigenvalue weighted by Crippen LogP contribution is -2.49. The van der Waals surface area contributed by atoms with Crippen LogP contribution in [-0.4, -0.2) is 36.3 Å². The quantitative estimate of drug-likeness (QED) is 0.858. The first-order chi connectivity index (χ1) is 10.9. The van der Waals surface area contributed by atoms with Gasteiger partial charge >= 0.3 is 0 Å². The lowest BCUT2D eigenvalue weighted by molar-refractivity contribution is -0.123. The molecule has 0 heterocycles. The summed E-state index contributed by atoms with van der Waals surface area (Å²) >= 11 is 0. The molecule has 3 rings (SSSR count). The Hall–Kier alpha value is -1.40. The van der Waals surface area contributed by atoms with Gasteiger partial charge in [-0.2, -0.15) is 0 Å². The van der Waals surface area contributed by atoms with Gasteiger partial charge in [0.25, 0.3) is 0 Å². The number of benzene rings is 1. The van der Waals surface area contributed by atoms with Gasteiger partial charge in [-0.25, -0.2) is 8.42 Å². The molecule has 1 aromatic carbocycles. The Labute approximate surface area is 137 Å². The summed E-state index contributed by atoms with van der Waals surface area (Å²) in [5, 5.41) is 13.2. The molecule has 2 saturated carbocycles. The van der Waals surface area contributed by atoms with E-state index in [1.807, 2.05) is 0 Å². The van der Waals surface area contributed by atoms with Crippen molar-refractivity contribution in [2.24, 2.45) is 0 Å². The van der Waals surface area contributed by atoms with Crippen molar-refractivity contribution in [1.29, 1.82) is 0 Å². The van der Waals surface area contributed by atoms with Crippen LogP contribution in [0.4, 0.5) is 0 Å². The Morgan fingerprint density at radius 3 is 2.22 bits per heavy atom. The molecule has 2 fully saturated rings. The van der Waals surface area contributed by atoms with Crippen molar-refractivity contribution in [2.45, 2.75) is 60.2 Å². The van der Waals surface area contributed by atoms with Crippen molar-refractivity contribution >= 4 is 15.7 Å². The predicted molar refractivity (Wildman–Crippen MR) is 86.6 cm³/mol. The molecule has 6 heteroatoms. The molecule has 0 spiro atoms. The number of amides is 1. The molecule has 0 aromatic heterocycles. The van der Waals surface area contributed by atoms with Gasteiger partial charge in [0.15, 0.2) is 14.6 Å². The zero-order valence-electron chi connectivity index (χ0n) is 13.1. The van der Waals surface area contributed by atoms with E-state index in [-0.39, 0.29) is 11.4 Å². The summed E-state index contributed by atoms with van der Waals surface area (Å²) in [6, 6.07) is 8.11. The summed E-state index contributed by atoms with van der Waals surface area (Å²) in [5.41, 5.74) is -0.888. The topological polar surface area (TPSA) is 83.5 Å². The van der Waals surface area contributed by atoms with Gasteiger partial charge in [0.1, 0.15) is 0 Å². The minimum absolute atomic E-state index is 0.137. The van der Waals surface area contributed by atoms with Crippen molar-refractivity contribution in [3.8, 4) is 0 Å². The number of aliphatic hydroxyl groups is 1.